The summed E-state index contributed by atoms with van der Waals surface area (Å²) in [6, 6.07) is 13.0. The van der Waals surface area contributed by atoms with Gasteiger partial charge >= 0.3 is 0 Å². The fourth-order valence-electron chi connectivity index (χ4n) is 2.24. The Balaban J connectivity index is 1.56. The average Bonchev–Trinajstić information content (AvgIpc) is 3.16. The second-order valence-electron chi connectivity index (χ2n) is 5.52. The van der Waals surface area contributed by atoms with Gasteiger partial charge in [-0.2, -0.15) is 5.21 Å². The molecule has 0 fully saturated rings. The molecule has 8 heteroatoms. The molecule has 0 radical (unpaired) electrons. The molecular formula is C17H17FN6O. The molecule has 1 aromatic heterocycles. The van der Waals surface area contributed by atoms with E-state index in [9.17, 15) is 9.18 Å². The van der Waals surface area contributed by atoms with Gasteiger partial charge in [0.05, 0.1) is 6.04 Å². The van der Waals surface area contributed by atoms with Crippen molar-refractivity contribution in [1.29, 1.82) is 0 Å². The van der Waals surface area contributed by atoms with Crippen LogP contribution in [0.1, 0.15) is 34.7 Å². The van der Waals surface area contributed by atoms with Gasteiger partial charge in [-0.25, -0.2) is 4.39 Å². The van der Waals surface area contributed by atoms with Crippen LogP contribution in [0.15, 0.2) is 48.5 Å². The third-order valence-electron chi connectivity index (χ3n) is 3.65. The highest BCUT2D eigenvalue weighted by Crippen LogP contribution is 2.13. The summed E-state index contributed by atoms with van der Waals surface area (Å²) in [5.41, 5.74) is 2.37. The lowest BCUT2D eigenvalue weighted by atomic mass is 10.1. The summed E-state index contributed by atoms with van der Waals surface area (Å²) in [5.74, 6) is -0.0533. The molecule has 1 atom stereocenters. The van der Waals surface area contributed by atoms with Crippen LogP contribution in [-0.4, -0.2) is 26.5 Å². The molecule has 1 unspecified atom stereocenters. The van der Waals surface area contributed by atoms with Crippen LogP contribution < -0.4 is 10.6 Å². The van der Waals surface area contributed by atoms with Gasteiger partial charge in [0.1, 0.15) is 5.82 Å². The van der Waals surface area contributed by atoms with Gasteiger partial charge in [0.25, 0.3) is 5.91 Å². The van der Waals surface area contributed by atoms with Crippen LogP contribution in [0, 0.1) is 5.82 Å². The Hall–Kier alpha value is -3.29. The van der Waals surface area contributed by atoms with Gasteiger partial charge in [-0.3, -0.25) is 4.79 Å². The van der Waals surface area contributed by atoms with E-state index in [1.165, 1.54) is 12.1 Å². The van der Waals surface area contributed by atoms with Crippen LogP contribution in [0.3, 0.4) is 0 Å². The van der Waals surface area contributed by atoms with E-state index < -0.39 is 0 Å². The molecule has 3 N–H and O–H groups in total. The summed E-state index contributed by atoms with van der Waals surface area (Å²) in [6.07, 6.45) is 0. The maximum atomic E-state index is 12.9. The minimum atomic E-state index is -0.345. The van der Waals surface area contributed by atoms with Gasteiger partial charge in [-0.1, -0.05) is 17.3 Å². The van der Waals surface area contributed by atoms with Crippen molar-refractivity contribution in [3.63, 3.8) is 0 Å². The van der Waals surface area contributed by atoms with E-state index in [1.807, 2.05) is 12.1 Å². The average molecular weight is 340 g/mol. The highest BCUT2D eigenvalue weighted by Gasteiger charge is 2.14. The summed E-state index contributed by atoms with van der Waals surface area (Å²) in [6.45, 7) is 2.35. The quantitative estimate of drug-likeness (QED) is 0.640. The predicted octanol–water partition coefficient (Wildman–Crippen LogP) is 2.44. The highest BCUT2D eigenvalue weighted by atomic mass is 19.1. The van der Waals surface area contributed by atoms with Gasteiger partial charge in [0, 0.05) is 17.8 Å². The molecule has 3 aromatic rings. The molecule has 7 nitrogen and oxygen atoms in total. The number of nitrogens with one attached hydrogen (secondary N) is 3. The number of aromatic nitrogens is 4. The van der Waals surface area contributed by atoms with Gasteiger partial charge in [-0.05, 0) is 48.9 Å². The Morgan fingerprint density at radius 1 is 1.16 bits per heavy atom. The third kappa shape index (κ3) is 4.37. The molecule has 0 saturated carbocycles. The van der Waals surface area contributed by atoms with E-state index in [4.69, 9.17) is 0 Å². The first-order chi connectivity index (χ1) is 12.1. The SMILES string of the molecule is CC(NC(=O)c1ccc(NCc2ccc(F)cc2)cc1)c1nn[nH]n1. The van der Waals surface area contributed by atoms with Crippen LogP contribution in [0.2, 0.25) is 0 Å². The van der Waals surface area contributed by atoms with Gasteiger partial charge < -0.3 is 10.6 Å². The van der Waals surface area contributed by atoms with E-state index in [0.29, 0.717) is 17.9 Å². The summed E-state index contributed by atoms with van der Waals surface area (Å²) < 4.78 is 12.9. The number of aromatic amines is 1. The maximum Gasteiger partial charge on any atom is 0.251 e. The third-order valence-corrected chi connectivity index (χ3v) is 3.65. The second-order valence-corrected chi connectivity index (χ2v) is 5.52. The zero-order valence-electron chi connectivity index (χ0n) is 13.5. The van der Waals surface area contributed by atoms with Crippen molar-refractivity contribution in [3.05, 3.63) is 71.3 Å². The van der Waals surface area contributed by atoms with Crippen LogP contribution in [0.5, 0.6) is 0 Å². The first-order valence-corrected chi connectivity index (χ1v) is 7.74. The van der Waals surface area contributed by atoms with E-state index in [-0.39, 0.29) is 17.8 Å². The lowest BCUT2D eigenvalue weighted by Crippen LogP contribution is -2.27. The van der Waals surface area contributed by atoms with E-state index in [2.05, 4.69) is 31.3 Å². The molecule has 1 heterocycles. The standard InChI is InChI=1S/C17H17FN6O/c1-11(16-21-23-24-22-16)20-17(25)13-4-8-15(9-5-13)19-10-12-2-6-14(18)7-3-12/h2-9,11,19H,10H2,1H3,(H,20,25)(H,21,22,23,24). The molecule has 128 valence electrons. The van der Waals surface area contributed by atoms with Crippen molar-refractivity contribution in [2.45, 2.75) is 19.5 Å². The molecule has 0 aliphatic carbocycles. The van der Waals surface area contributed by atoms with E-state index in [1.54, 1.807) is 31.2 Å². The minimum Gasteiger partial charge on any atom is -0.381 e. The van der Waals surface area contributed by atoms with Crippen LogP contribution >= 0.6 is 0 Å². The minimum absolute atomic E-state index is 0.220. The molecule has 0 aliphatic heterocycles. The van der Waals surface area contributed by atoms with Crippen molar-refractivity contribution in [2.24, 2.45) is 0 Å². The number of carbonyl (C=O) groups is 1. The number of nitrogens with zero attached hydrogens (tertiary/aromatic N) is 3. The molecule has 0 spiro atoms. The highest BCUT2D eigenvalue weighted by molar-refractivity contribution is 5.94. The molecule has 0 saturated heterocycles. The largest absolute Gasteiger partial charge is 0.381 e. The van der Waals surface area contributed by atoms with Crippen molar-refractivity contribution in [1.82, 2.24) is 25.9 Å². The fourth-order valence-corrected chi connectivity index (χ4v) is 2.24. The fraction of sp³-hybridized carbons (Fsp3) is 0.176. The second kappa shape index (κ2) is 7.52. The van der Waals surface area contributed by atoms with Crippen LogP contribution in [-0.2, 0) is 6.54 Å². The number of rotatable bonds is 6. The van der Waals surface area contributed by atoms with Crippen molar-refractivity contribution < 1.29 is 9.18 Å². The van der Waals surface area contributed by atoms with Gasteiger partial charge in [-0.15, -0.1) is 10.2 Å². The number of benzene rings is 2. The molecule has 25 heavy (non-hydrogen) atoms. The number of anilines is 1. The smallest absolute Gasteiger partial charge is 0.251 e. The maximum absolute atomic E-state index is 12.9. The number of carbonyl (C=O) groups excluding carboxylic acids is 1. The summed E-state index contributed by atoms with van der Waals surface area (Å²) in [7, 11) is 0. The number of tetrazole rings is 1. The first-order valence-electron chi connectivity index (χ1n) is 7.74. The molecule has 3 rings (SSSR count). The number of amides is 1. The Morgan fingerprint density at radius 3 is 2.52 bits per heavy atom. The Labute approximate surface area is 143 Å². The van der Waals surface area contributed by atoms with Crippen LogP contribution in [0.4, 0.5) is 10.1 Å². The zero-order chi connectivity index (χ0) is 17.6. The Bertz CT molecular complexity index is 817. The Kier molecular flexibility index (Phi) is 4.98. The van der Waals surface area contributed by atoms with Crippen LogP contribution in [0.25, 0.3) is 0 Å². The summed E-state index contributed by atoms with van der Waals surface area (Å²) in [4.78, 5) is 12.2. The topological polar surface area (TPSA) is 95.6 Å². The normalized spacial score (nSPS) is 11.8. The molecule has 0 aliphatic rings. The summed E-state index contributed by atoms with van der Waals surface area (Å²) in [5, 5.41) is 19.5. The van der Waals surface area contributed by atoms with Crippen molar-refractivity contribution in [3.8, 4) is 0 Å². The molecule has 1 amide bonds. The number of halogens is 1. The van der Waals surface area contributed by atoms with Gasteiger partial charge in [0.2, 0.25) is 0 Å². The predicted molar refractivity (Wildman–Crippen MR) is 90.2 cm³/mol. The van der Waals surface area contributed by atoms with E-state index >= 15 is 0 Å². The molecular weight excluding hydrogens is 323 g/mol. The first kappa shape index (κ1) is 16.6. The van der Waals surface area contributed by atoms with E-state index in [0.717, 1.165) is 11.3 Å². The zero-order valence-corrected chi connectivity index (χ0v) is 13.5. The summed E-state index contributed by atoms with van der Waals surface area (Å²) >= 11 is 0. The Morgan fingerprint density at radius 2 is 1.88 bits per heavy atom. The lowest BCUT2D eigenvalue weighted by molar-refractivity contribution is 0.0938. The van der Waals surface area contributed by atoms with Crippen molar-refractivity contribution in [2.75, 3.05) is 5.32 Å². The molecule has 2 aromatic carbocycles. The van der Waals surface area contributed by atoms with Gasteiger partial charge in [0.15, 0.2) is 5.82 Å². The molecule has 0 bridgehead atoms. The van der Waals surface area contributed by atoms with Crippen molar-refractivity contribution >= 4 is 11.6 Å². The lowest BCUT2D eigenvalue weighted by Gasteiger charge is -2.11. The number of hydrogen-bond acceptors (Lipinski definition) is 5. The number of hydrogen-bond donors (Lipinski definition) is 3. The monoisotopic (exact) mass is 340 g/mol. The number of H-pyrrole nitrogens is 1.